The Morgan fingerprint density at radius 3 is 1.60 bits per heavy atom. The summed E-state index contributed by atoms with van der Waals surface area (Å²) in [5.41, 5.74) is 3.75. The minimum absolute atomic E-state index is 0.182. The van der Waals surface area contributed by atoms with Crippen molar-refractivity contribution in [2.24, 2.45) is 11.8 Å². The van der Waals surface area contributed by atoms with Crippen molar-refractivity contribution in [1.29, 1.82) is 0 Å². The van der Waals surface area contributed by atoms with E-state index in [9.17, 15) is 0 Å². The molecule has 47 heavy (non-hydrogen) atoms. The molecule has 5 heteroatoms. The summed E-state index contributed by atoms with van der Waals surface area (Å²) in [4.78, 5) is 7.04. The molecule has 2 nitrogen and oxygen atoms in total. The monoisotopic (exact) mass is 708 g/mol. The van der Waals surface area contributed by atoms with Crippen LogP contribution in [-0.2, 0) is 15.1 Å². The van der Waals surface area contributed by atoms with Crippen LogP contribution < -0.4 is 10.6 Å². The van der Waals surface area contributed by atoms with Crippen molar-refractivity contribution in [3.63, 3.8) is 0 Å². The Kier molecular flexibility index (Phi) is 2.69. The van der Waals surface area contributed by atoms with Gasteiger partial charge < -0.3 is 0 Å². The second kappa shape index (κ2) is 4.62. The van der Waals surface area contributed by atoms with Crippen LogP contribution in [0.15, 0.2) is 60.7 Å². The second-order valence-electron chi connectivity index (χ2n) is 22.7. The number of nitrogens with one attached hydrogen (secondary N) is 2. The Hall–Kier alpha value is -0.261. The molecule has 2 aromatic carbocycles. The first-order valence-electron chi connectivity index (χ1n) is 19.5. The molecule has 8 unspecified atom stereocenters. The van der Waals surface area contributed by atoms with E-state index in [1.807, 2.05) is 11.1 Å². The molecule has 14 rings (SSSR count). The predicted octanol–water partition coefficient (Wildman–Crippen LogP) is 10.0. The van der Waals surface area contributed by atoms with Gasteiger partial charge in [0.15, 0.2) is 0 Å². The number of hydrogen-bond acceptors (Lipinski definition) is 2. The zero-order chi connectivity index (χ0) is 32.0. The molecule has 0 radical (unpaired) electrons. The van der Waals surface area contributed by atoms with Gasteiger partial charge in [0.05, 0.1) is 0 Å². The van der Waals surface area contributed by atoms with Crippen LogP contribution in [0, 0.1) is 11.8 Å². The van der Waals surface area contributed by atoms with Crippen molar-refractivity contribution >= 4 is 17.2 Å². The molecule has 12 aliphatic heterocycles. The second-order valence-corrected chi connectivity index (χ2v) is 50.2. The number of hydrogen-bond donors (Lipinski definition) is 2. The summed E-state index contributed by atoms with van der Waals surface area (Å²) < 4.78 is 2.38. The molecule has 12 heterocycles. The van der Waals surface area contributed by atoms with Crippen molar-refractivity contribution < 1.29 is 6.51 Å². The molecule has 12 fully saturated rings. The van der Waals surface area contributed by atoms with Gasteiger partial charge in [-0.1, -0.05) is 0 Å². The quantitative estimate of drug-likeness (QED) is 0.221. The third-order valence-corrected chi connectivity index (χ3v) is 74.8. The van der Waals surface area contributed by atoms with Crippen molar-refractivity contribution in [3.05, 3.63) is 71.8 Å². The Morgan fingerprint density at radius 2 is 1.19 bits per heavy atom. The normalized spacial score (nSPS) is 64.7. The zero-order valence-corrected chi connectivity index (χ0v) is 32.8. The Balaban J connectivity index is 1.16. The van der Waals surface area contributed by atoms with Crippen LogP contribution in [0.3, 0.4) is 0 Å². The van der Waals surface area contributed by atoms with E-state index in [2.05, 4.69) is 122 Å². The van der Waals surface area contributed by atoms with Gasteiger partial charge in [0, 0.05) is 0 Å². The Bertz CT molecular complexity index is 2160. The third kappa shape index (κ3) is 0.772. The fourth-order valence-electron chi connectivity index (χ4n) is 27.6. The van der Waals surface area contributed by atoms with Gasteiger partial charge in [-0.25, -0.2) is 0 Å². The maximum atomic E-state index is 4.06. The average molecular weight is 709 g/mol. The molecule has 0 bridgehead atoms. The molecular weight excluding hydrogens is 650 g/mol. The molecule has 8 atom stereocenters. The molecule has 12 aliphatic rings. The number of fused-ring (bicyclic) bond motifs is 10. The van der Waals surface area contributed by atoms with Gasteiger partial charge in [0.1, 0.15) is 0 Å². The molecule has 0 amide bonds. The van der Waals surface area contributed by atoms with Crippen LogP contribution in [0.25, 0.3) is 0 Å². The van der Waals surface area contributed by atoms with Gasteiger partial charge in [-0.3, -0.25) is 0 Å². The predicted molar refractivity (Wildman–Crippen MR) is 199 cm³/mol. The first-order valence-corrected chi connectivity index (χ1v) is 27.7. The van der Waals surface area contributed by atoms with E-state index in [1.165, 1.54) is 75.9 Å². The Labute approximate surface area is 277 Å². The number of piperidine rings is 2. The summed E-state index contributed by atoms with van der Waals surface area (Å²) in [5.74, 6) is 1.64. The minimum atomic E-state index is -4.63. The van der Waals surface area contributed by atoms with Crippen molar-refractivity contribution in [3.8, 4) is 0 Å². The van der Waals surface area contributed by atoms with E-state index < -0.39 is 6.51 Å². The summed E-state index contributed by atoms with van der Waals surface area (Å²) in [6, 6.07) is 25.4. The molecule has 2 aromatic rings. The fraction of sp³-hybridized carbons (Fsp3) is 0.714. The van der Waals surface area contributed by atoms with Crippen LogP contribution >= 0.6 is 17.2 Å². The van der Waals surface area contributed by atoms with Crippen LogP contribution in [0.1, 0.15) is 78.4 Å². The van der Waals surface area contributed by atoms with Gasteiger partial charge in [0.25, 0.3) is 0 Å². The van der Waals surface area contributed by atoms with Gasteiger partial charge >= 0.3 is 279 Å². The summed E-state index contributed by atoms with van der Waals surface area (Å²) in [7, 11) is 3.85. The van der Waals surface area contributed by atoms with E-state index >= 15 is 0 Å². The zero-order valence-electron chi connectivity index (χ0n) is 29.6. The molecule has 0 aromatic heterocycles. The molecule has 254 valence electrons. The van der Waals surface area contributed by atoms with Gasteiger partial charge in [-0.15, -0.1) is 0 Å². The van der Waals surface area contributed by atoms with E-state index in [-0.39, 0.29) is 7.92 Å². The summed E-state index contributed by atoms with van der Waals surface area (Å²) in [6.45, 7) is 16.4. The van der Waals surface area contributed by atoms with Crippen LogP contribution in [0.5, 0.6) is 0 Å². The van der Waals surface area contributed by atoms with E-state index in [1.54, 1.807) is 6.16 Å². The van der Waals surface area contributed by atoms with Crippen molar-refractivity contribution in [2.45, 2.75) is 129 Å². The van der Waals surface area contributed by atoms with Crippen molar-refractivity contribution in [2.75, 3.05) is 32.3 Å². The van der Waals surface area contributed by atoms with E-state index in [0.717, 1.165) is 16.7 Å². The van der Waals surface area contributed by atoms with Gasteiger partial charge in [-0.05, 0) is 0 Å². The SMILES string of the molecule is CC(C)(C)P(C[C]12[C]3(c4ccccc4)[C]4(c5ccccc5)[CH]5[C]1(C(P)(C1CCCNC1)C1CCCNC1)[Fe]54231678[CH]2[CH]1[CH]6[CH]7[CH]28)C(C)(C)C. The van der Waals surface area contributed by atoms with Crippen LogP contribution in [0.4, 0.5) is 0 Å². The molecule has 0 aliphatic carbocycles. The fourth-order valence-corrected chi connectivity index (χ4v) is 120. The third-order valence-electron chi connectivity index (χ3n) is 24.4. The molecule has 12 saturated heterocycles. The standard InChI is InChI=1S/C37H53N2P2.C5H5.Fe/c1-35(2,3)41(36(4,5)6)26-32-33(37(40,29-19-13-21-38-24-29)30-20-14-22-39-25-30)23-31(27-15-9-7-10-16-27)34(32)28-17-11-8-12-18-28;1-2-4-5-3-1;/h7-12,15-18,23,29-30,38-39H,13-14,19-22,24-26,40H2,1-6H3;1-5H;. The van der Waals surface area contributed by atoms with E-state index in [0.29, 0.717) is 32.7 Å². The maximum absolute atomic E-state index is 4.63. The molecule has 0 saturated carbocycles. The topological polar surface area (TPSA) is 24.1 Å². The molecular formula is C42H58FeN2P2. The number of benzene rings is 2. The summed E-state index contributed by atoms with van der Waals surface area (Å²) in [5, 5.41) is 9.24. The first kappa shape index (κ1) is 27.4. The van der Waals surface area contributed by atoms with Crippen LogP contribution in [0.2, 0.25) is 37.5 Å². The number of rotatable bonds is 7. The average Bonchev–Trinajstić information content (AvgIpc) is 4.02. The van der Waals surface area contributed by atoms with E-state index in [4.69, 9.17) is 0 Å². The Morgan fingerprint density at radius 1 is 0.723 bits per heavy atom. The van der Waals surface area contributed by atoms with Gasteiger partial charge in [0.2, 0.25) is 0 Å². The van der Waals surface area contributed by atoms with Crippen LogP contribution in [-0.4, -0.2) is 47.8 Å². The first-order chi connectivity index (χ1) is 22.2. The summed E-state index contributed by atoms with van der Waals surface area (Å²) >= 11 is 0. The van der Waals surface area contributed by atoms with Gasteiger partial charge in [-0.2, -0.15) is 0 Å². The molecule has 2 N–H and O–H groups in total. The van der Waals surface area contributed by atoms with Crippen molar-refractivity contribution in [1.82, 2.24) is 10.6 Å². The molecule has 1 spiro atoms. The summed E-state index contributed by atoms with van der Waals surface area (Å²) in [6.07, 6.45) is 7.30.